The van der Waals surface area contributed by atoms with Crippen molar-refractivity contribution >= 4 is 11.6 Å². The van der Waals surface area contributed by atoms with Crippen LogP contribution in [0.4, 0.5) is 23.2 Å². The van der Waals surface area contributed by atoms with Crippen LogP contribution >= 0.6 is 0 Å². The summed E-state index contributed by atoms with van der Waals surface area (Å²) in [6.07, 6.45) is -3.79. The molecule has 30 heavy (non-hydrogen) atoms. The molecule has 1 N–H and O–H groups in total. The summed E-state index contributed by atoms with van der Waals surface area (Å²) in [5.74, 6) is -4.66. The van der Waals surface area contributed by atoms with E-state index in [1.165, 1.54) is 6.07 Å². The molecule has 1 aromatic heterocycles. The summed E-state index contributed by atoms with van der Waals surface area (Å²) in [5, 5.41) is 6.99. The van der Waals surface area contributed by atoms with Gasteiger partial charge in [0.1, 0.15) is 6.61 Å². The van der Waals surface area contributed by atoms with E-state index >= 15 is 0 Å². The fourth-order valence-electron chi connectivity index (χ4n) is 2.72. The van der Waals surface area contributed by atoms with Gasteiger partial charge in [-0.1, -0.05) is 30.3 Å². The van der Waals surface area contributed by atoms with Crippen molar-refractivity contribution in [3.8, 4) is 5.69 Å². The van der Waals surface area contributed by atoms with Gasteiger partial charge in [-0.3, -0.25) is 4.79 Å². The Bertz CT molecular complexity index is 1010. The topological polar surface area (TPSA) is 56.1 Å². The largest absolute Gasteiger partial charge is 0.370 e. The molecule has 0 aliphatic heterocycles. The molecule has 0 fully saturated rings. The number of amides is 1. The Balaban J connectivity index is 1.64. The standard InChI is InChI=1S/C21H19F4N3O2/c1-14-10-18(27-28(14)17-8-3-2-4-9-17)19(29)26-16-7-5-6-15(11-16)12-30-13-21(24,25)20(22)23/h2-11,20H,12-13H2,1H3,(H,26,29). The van der Waals surface area contributed by atoms with E-state index in [1.54, 1.807) is 28.9 Å². The van der Waals surface area contributed by atoms with E-state index in [0.29, 0.717) is 11.3 Å². The van der Waals surface area contributed by atoms with Gasteiger partial charge in [0.25, 0.3) is 5.91 Å². The molecule has 0 atom stereocenters. The third kappa shape index (κ3) is 5.24. The predicted octanol–water partition coefficient (Wildman–Crippen LogP) is 4.85. The molecule has 0 saturated heterocycles. The fraction of sp³-hybridized carbons (Fsp3) is 0.238. The van der Waals surface area contributed by atoms with Crippen LogP contribution in [0.3, 0.4) is 0 Å². The van der Waals surface area contributed by atoms with Crippen LogP contribution in [0.1, 0.15) is 21.7 Å². The number of halogens is 4. The number of hydrogen-bond acceptors (Lipinski definition) is 3. The zero-order valence-corrected chi connectivity index (χ0v) is 16.0. The third-order valence-corrected chi connectivity index (χ3v) is 4.19. The normalized spacial score (nSPS) is 11.7. The van der Waals surface area contributed by atoms with Gasteiger partial charge in [-0.05, 0) is 42.8 Å². The van der Waals surface area contributed by atoms with Gasteiger partial charge in [0.2, 0.25) is 0 Å². The number of para-hydroxylation sites is 1. The van der Waals surface area contributed by atoms with Gasteiger partial charge in [0.05, 0.1) is 12.3 Å². The minimum absolute atomic E-state index is 0.203. The first-order valence-electron chi connectivity index (χ1n) is 9.02. The number of carbonyl (C=O) groups excluding carboxylic acids is 1. The SMILES string of the molecule is Cc1cc(C(=O)Nc2cccc(COCC(F)(F)C(F)F)c2)nn1-c1ccccc1. The highest BCUT2D eigenvalue weighted by Crippen LogP contribution is 2.23. The molecule has 0 radical (unpaired) electrons. The number of benzene rings is 2. The maximum absolute atomic E-state index is 12.9. The Hall–Kier alpha value is -3.20. The number of carbonyl (C=O) groups is 1. The number of rotatable bonds is 8. The van der Waals surface area contributed by atoms with Crippen molar-refractivity contribution in [1.29, 1.82) is 0 Å². The Labute approximate surface area is 170 Å². The minimum Gasteiger partial charge on any atom is -0.370 e. The Morgan fingerprint density at radius 3 is 2.57 bits per heavy atom. The van der Waals surface area contributed by atoms with Crippen LogP contribution in [0.5, 0.6) is 0 Å². The number of ether oxygens (including phenoxy) is 1. The van der Waals surface area contributed by atoms with E-state index in [4.69, 9.17) is 4.74 Å². The Kier molecular flexibility index (Phi) is 6.51. The lowest BCUT2D eigenvalue weighted by Gasteiger charge is -2.15. The van der Waals surface area contributed by atoms with Gasteiger partial charge in [0, 0.05) is 11.4 Å². The molecule has 0 aliphatic carbocycles. The van der Waals surface area contributed by atoms with Crippen molar-refractivity contribution in [3.05, 3.63) is 77.6 Å². The summed E-state index contributed by atoms with van der Waals surface area (Å²) in [6, 6.07) is 17.3. The highest BCUT2D eigenvalue weighted by Gasteiger charge is 2.40. The zero-order valence-electron chi connectivity index (χ0n) is 16.0. The smallest absolute Gasteiger partial charge is 0.330 e. The van der Waals surface area contributed by atoms with Gasteiger partial charge in [-0.25, -0.2) is 13.5 Å². The average Bonchev–Trinajstić information content (AvgIpc) is 3.10. The Morgan fingerprint density at radius 2 is 1.87 bits per heavy atom. The maximum Gasteiger partial charge on any atom is 0.330 e. The van der Waals surface area contributed by atoms with Crippen LogP contribution in [0, 0.1) is 6.92 Å². The first kappa shape index (κ1) is 21.5. The highest BCUT2D eigenvalue weighted by molar-refractivity contribution is 6.03. The lowest BCUT2D eigenvalue weighted by molar-refractivity contribution is -0.168. The van der Waals surface area contributed by atoms with Crippen LogP contribution < -0.4 is 5.32 Å². The first-order valence-corrected chi connectivity index (χ1v) is 9.02. The van der Waals surface area contributed by atoms with Crippen LogP contribution in [0.15, 0.2) is 60.7 Å². The molecule has 0 saturated carbocycles. The van der Waals surface area contributed by atoms with Gasteiger partial charge in [-0.2, -0.15) is 13.9 Å². The predicted molar refractivity (Wildman–Crippen MR) is 103 cm³/mol. The van der Waals surface area contributed by atoms with Crippen molar-refractivity contribution in [2.75, 3.05) is 11.9 Å². The van der Waals surface area contributed by atoms with E-state index < -0.39 is 24.9 Å². The number of anilines is 1. The number of aryl methyl sites for hydroxylation is 1. The summed E-state index contributed by atoms with van der Waals surface area (Å²) in [6.45, 7) is 0.134. The maximum atomic E-state index is 12.9. The molecule has 0 bridgehead atoms. The second kappa shape index (κ2) is 9.08. The molecule has 3 rings (SSSR count). The average molecular weight is 421 g/mol. The van der Waals surface area contributed by atoms with E-state index in [9.17, 15) is 22.4 Å². The third-order valence-electron chi connectivity index (χ3n) is 4.19. The molecular weight excluding hydrogens is 402 g/mol. The molecular formula is C21H19F4N3O2. The van der Waals surface area contributed by atoms with Crippen molar-refractivity contribution in [2.45, 2.75) is 25.9 Å². The molecule has 0 aliphatic rings. The quantitative estimate of drug-likeness (QED) is 0.529. The number of nitrogens with zero attached hydrogens (tertiary/aromatic N) is 2. The summed E-state index contributed by atoms with van der Waals surface area (Å²) < 4.78 is 56.5. The van der Waals surface area contributed by atoms with Crippen LogP contribution in [0.25, 0.3) is 5.69 Å². The highest BCUT2D eigenvalue weighted by atomic mass is 19.3. The number of alkyl halides is 4. The van der Waals surface area contributed by atoms with Gasteiger partial charge in [-0.15, -0.1) is 0 Å². The van der Waals surface area contributed by atoms with Gasteiger partial charge in [0.15, 0.2) is 5.69 Å². The molecule has 0 unspecified atom stereocenters. The fourth-order valence-corrected chi connectivity index (χ4v) is 2.72. The second-order valence-corrected chi connectivity index (χ2v) is 6.63. The minimum atomic E-state index is -4.21. The number of aromatic nitrogens is 2. The molecule has 3 aromatic rings. The monoisotopic (exact) mass is 421 g/mol. The summed E-state index contributed by atoms with van der Waals surface area (Å²) in [4.78, 5) is 12.5. The molecule has 9 heteroatoms. The van der Waals surface area contributed by atoms with Crippen LogP contribution in [-0.2, 0) is 11.3 Å². The molecule has 2 aromatic carbocycles. The molecule has 5 nitrogen and oxygen atoms in total. The van der Waals surface area contributed by atoms with Gasteiger partial charge >= 0.3 is 12.3 Å². The molecule has 158 valence electrons. The lowest BCUT2D eigenvalue weighted by atomic mass is 10.2. The van der Waals surface area contributed by atoms with E-state index in [1.807, 2.05) is 37.3 Å². The molecule has 1 amide bonds. The summed E-state index contributed by atoms with van der Waals surface area (Å²) in [5.41, 5.74) is 2.63. The van der Waals surface area contributed by atoms with E-state index in [0.717, 1.165) is 11.4 Å². The molecule has 1 heterocycles. The van der Waals surface area contributed by atoms with Crippen molar-refractivity contribution in [2.24, 2.45) is 0 Å². The van der Waals surface area contributed by atoms with Crippen molar-refractivity contribution in [3.63, 3.8) is 0 Å². The lowest BCUT2D eigenvalue weighted by Crippen LogP contribution is -2.32. The van der Waals surface area contributed by atoms with Crippen molar-refractivity contribution < 1.29 is 27.1 Å². The van der Waals surface area contributed by atoms with Gasteiger partial charge < -0.3 is 10.1 Å². The van der Waals surface area contributed by atoms with Crippen LogP contribution in [0.2, 0.25) is 0 Å². The number of hydrogen-bond donors (Lipinski definition) is 1. The molecule has 0 spiro atoms. The van der Waals surface area contributed by atoms with Crippen LogP contribution in [-0.4, -0.2) is 34.6 Å². The first-order chi connectivity index (χ1) is 14.3. The zero-order chi connectivity index (χ0) is 21.7. The second-order valence-electron chi connectivity index (χ2n) is 6.63. The van der Waals surface area contributed by atoms with E-state index in [-0.39, 0.29) is 12.3 Å². The number of nitrogens with one attached hydrogen (secondary N) is 1. The van der Waals surface area contributed by atoms with Crippen molar-refractivity contribution in [1.82, 2.24) is 9.78 Å². The Morgan fingerprint density at radius 1 is 1.13 bits per heavy atom. The van der Waals surface area contributed by atoms with E-state index in [2.05, 4.69) is 10.4 Å². The summed E-state index contributed by atoms with van der Waals surface area (Å²) in [7, 11) is 0. The summed E-state index contributed by atoms with van der Waals surface area (Å²) >= 11 is 0.